The highest BCUT2D eigenvalue weighted by molar-refractivity contribution is 5.80. The van der Waals surface area contributed by atoms with Crippen molar-refractivity contribution in [2.24, 2.45) is 10.9 Å². The van der Waals surface area contributed by atoms with Crippen LogP contribution in [0.25, 0.3) is 0 Å². The Labute approximate surface area is 168 Å². The second-order valence-electron chi connectivity index (χ2n) is 8.06. The van der Waals surface area contributed by atoms with Gasteiger partial charge in [-0.3, -0.25) is 9.89 Å². The maximum absolute atomic E-state index is 4.56. The molecule has 0 aliphatic carbocycles. The first-order valence-electron chi connectivity index (χ1n) is 10.5. The predicted octanol–water partition coefficient (Wildman–Crippen LogP) is 2.40. The lowest BCUT2D eigenvalue weighted by Gasteiger charge is -2.39. The average molecular weight is 381 g/mol. The van der Waals surface area contributed by atoms with Gasteiger partial charge in [0, 0.05) is 58.7 Å². The Morgan fingerprint density at radius 3 is 2.89 bits per heavy atom. The molecular formula is C22H32N6. The van der Waals surface area contributed by atoms with Gasteiger partial charge in [-0.05, 0) is 29.9 Å². The zero-order valence-corrected chi connectivity index (χ0v) is 17.1. The lowest BCUT2D eigenvalue weighted by molar-refractivity contribution is 0.188. The highest BCUT2D eigenvalue weighted by Crippen LogP contribution is 2.27. The van der Waals surface area contributed by atoms with Crippen molar-refractivity contribution in [2.45, 2.75) is 32.4 Å². The van der Waals surface area contributed by atoms with Crippen LogP contribution >= 0.6 is 0 Å². The van der Waals surface area contributed by atoms with Gasteiger partial charge in [-0.15, -0.1) is 0 Å². The number of imidazole rings is 1. The number of rotatable bonds is 4. The first kappa shape index (κ1) is 19.0. The Balaban J connectivity index is 1.29. The molecule has 2 atom stereocenters. The van der Waals surface area contributed by atoms with Crippen molar-refractivity contribution in [2.75, 3.05) is 39.8 Å². The Morgan fingerprint density at radius 1 is 1.25 bits per heavy atom. The van der Waals surface area contributed by atoms with E-state index in [0.29, 0.717) is 12.0 Å². The number of hydrogen-bond acceptors (Lipinski definition) is 3. The van der Waals surface area contributed by atoms with E-state index < -0.39 is 0 Å². The molecule has 1 aromatic carbocycles. The van der Waals surface area contributed by atoms with E-state index in [-0.39, 0.29) is 0 Å². The van der Waals surface area contributed by atoms with E-state index in [1.165, 1.54) is 17.5 Å². The van der Waals surface area contributed by atoms with Crippen LogP contribution in [0.1, 0.15) is 30.5 Å². The van der Waals surface area contributed by atoms with Crippen molar-refractivity contribution in [3.8, 4) is 0 Å². The predicted molar refractivity (Wildman–Crippen MR) is 113 cm³/mol. The number of aliphatic imine (C=N–C) groups is 1. The number of hydrogen-bond donors (Lipinski definition) is 1. The van der Waals surface area contributed by atoms with Crippen LogP contribution in [0, 0.1) is 5.92 Å². The third-order valence-corrected chi connectivity index (χ3v) is 6.26. The van der Waals surface area contributed by atoms with Crippen molar-refractivity contribution >= 4 is 5.96 Å². The normalized spacial score (nSPS) is 23.5. The highest BCUT2D eigenvalue weighted by atomic mass is 15.3. The molecule has 2 aromatic rings. The molecule has 3 heterocycles. The fraction of sp³-hybridized carbons (Fsp3) is 0.545. The number of nitrogens with zero attached hydrogens (tertiary/aromatic N) is 5. The fourth-order valence-electron chi connectivity index (χ4n) is 4.50. The maximum Gasteiger partial charge on any atom is 0.193 e. The molecule has 0 amide bonds. The summed E-state index contributed by atoms with van der Waals surface area (Å²) >= 11 is 0. The quantitative estimate of drug-likeness (QED) is 0.654. The van der Waals surface area contributed by atoms with Crippen LogP contribution in [0.2, 0.25) is 0 Å². The summed E-state index contributed by atoms with van der Waals surface area (Å²) in [5.74, 6) is 1.67. The summed E-state index contributed by atoms with van der Waals surface area (Å²) in [5.41, 5.74) is 2.99. The summed E-state index contributed by atoms with van der Waals surface area (Å²) < 4.78 is 2.25. The summed E-state index contributed by atoms with van der Waals surface area (Å²) in [6.45, 7) is 8.55. The van der Waals surface area contributed by atoms with Crippen LogP contribution in [0.4, 0.5) is 0 Å². The molecule has 150 valence electrons. The Hall–Kier alpha value is -2.34. The molecule has 1 aromatic heterocycles. The van der Waals surface area contributed by atoms with Gasteiger partial charge in [-0.1, -0.05) is 31.2 Å². The van der Waals surface area contributed by atoms with Gasteiger partial charge in [-0.25, -0.2) is 4.98 Å². The van der Waals surface area contributed by atoms with Crippen molar-refractivity contribution < 1.29 is 0 Å². The standard InChI is InChI=1S/C22H32N6/c1-18-7-12-27(16-21(18)28-14-9-24-17-28)22(23-2)25-10-13-26-11-8-19-5-3-4-6-20(19)15-26/h3-6,9,14,17-18,21H,7-8,10-13,15-16H2,1-2H3,(H,23,25). The van der Waals surface area contributed by atoms with Crippen LogP contribution in [0.15, 0.2) is 48.0 Å². The molecule has 2 unspecified atom stereocenters. The van der Waals surface area contributed by atoms with E-state index in [4.69, 9.17) is 0 Å². The number of aromatic nitrogens is 2. The fourth-order valence-corrected chi connectivity index (χ4v) is 4.50. The van der Waals surface area contributed by atoms with Crippen molar-refractivity contribution in [3.63, 3.8) is 0 Å². The number of benzene rings is 1. The van der Waals surface area contributed by atoms with E-state index in [1.54, 1.807) is 0 Å². The van der Waals surface area contributed by atoms with Crippen molar-refractivity contribution in [1.29, 1.82) is 0 Å². The van der Waals surface area contributed by atoms with Crippen LogP contribution in [-0.4, -0.2) is 65.1 Å². The Morgan fingerprint density at radius 2 is 2.11 bits per heavy atom. The lowest BCUT2D eigenvalue weighted by Crippen LogP contribution is -2.50. The van der Waals surface area contributed by atoms with Gasteiger partial charge in [0.1, 0.15) is 0 Å². The smallest absolute Gasteiger partial charge is 0.193 e. The van der Waals surface area contributed by atoms with Gasteiger partial charge in [0.05, 0.1) is 12.4 Å². The van der Waals surface area contributed by atoms with E-state index in [1.807, 2.05) is 19.6 Å². The first-order chi connectivity index (χ1) is 13.7. The van der Waals surface area contributed by atoms with Gasteiger partial charge >= 0.3 is 0 Å². The minimum Gasteiger partial charge on any atom is -0.355 e. The summed E-state index contributed by atoms with van der Waals surface area (Å²) in [5, 5.41) is 3.60. The minimum atomic E-state index is 0.452. The van der Waals surface area contributed by atoms with Crippen LogP contribution in [-0.2, 0) is 13.0 Å². The molecule has 0 bridgehead atoms. The van der Waals surface area contributed by atoms with Gasteiger partial charge < -0.3 is 14.8 Å². The summed E-state index contributed by atoms with van der Waals surface area (Å²) in [7, 11) is 1.89. The second kappa shape index (κ2) is 8.78. The van der Waals surface area contributed by atoms with E-state index in [2.05, 4.69) is 67.0 Å². The summed E-state index contributed by atoms with van der Waals surface area (Å²) in [4.78, 5) is 13.7. The topological polar surface area (TPSA) is 48.7 Å². The number of piperidine rings is 1. The van der Waals surface area contributed by atoms with Crippen LogP contribution in [0.5, 0.6) is 0 Å². The Kier molecular flexibility index (Phi) is 5.95. The number of guanidine groups is 1. The molecule has 6 nitrogen and oxygen atoms in total. The molecule has 0 spiro atoms. The van der Waals surface area contributed by atoms with Gasteiger partial charge in [0.15, 0.2) is 5.96 Å². The zero-order valence-electron chi connectivity index (χ0n) is 17.1. The molecule has 0 saturated carbocycles. The average Bonchev–Trinajstić information content (AvgIpc) is 3.26. The monoisotopic (exact) mass is 380 g/mol. The number of fused-ring (bicyclic) bond motifs is 1. The molecule has 1 fully saturated rings. The lowest BCUT2D eigenvalue weighted by atomic mass is 9.93. The van der Waals surface area contributed by atoms with Crippen LogP contribution in [0.3, 0.4) is 0 Å². The summed E-state index contributed by atoms with van der Waals surface area (Å²) in [6.07, 6.45) is 8.22. The molecule has 0 radical (unpaired) electrons. The second-order valence-corrected chi connectivity index (χ2v) is 8.06. The minimum absolute atomic E-state index is 0.452. The number of nitrogens with one attached hydrogen (secondary N) is 1. The summed E-state index contributed by atoms with van der Waals surface area (Å²) in [6, 6.07) is 9.28. The molecule has 4 rings (SSSR count). The third kappa shape index (κ3) is 4.22. The molecular weight excluding hydrogens is 348 g/mol. The van der Waals surface area contributed by atoms with E-state index in [0.717, 1.165) is 51.6 Å². The molecule has 2 aliphatic rings. The van der Waals surface area contributed by atoms with Crippen molar-refractivity contribution in [3.05, 3.63) is 54.1 Å². The third-order valence-electron chi connectivity index (χ3n) is 6.26. The van der Waals surface area contributed by atoms with Crippen molar-refractivity contribution in [1.82, 2.24) is 24.7 Å². The SMILES string of the molecule is CN=C(NCCN1CCc2ccccc2C1)N1CCC(C)C(n2ccnc2)C1. The van der Waals surface area contributed by atoms with E-state index >= 15 is 0 Å². The first-order valence-corrected chi connectivity index (χ1v) is 10.5. The molecule has 28 heavy (non-hydrogen) atoms. The number of likely N-dealkylation sites (tertiary alicyclic amines) is 1. The molecule has 1 N–H and O–H groups in total. The van der Waals surface area contributed by atoms with E-state index in [9.17, 15) is 0 Å². The largest absolute Gasteiger partial charge is 0.355 e. The van der Waals surface area contributed by atoms with Crippen LogP contribution < -0.4 is 5.32 Å². The zero-order chi connectivity index (χ0) is 19.3. The van der Waals surface area contributed by atoms with Gasteiger partial charge in [0.25, 0.3) is 0 Å². The molecule has 2 aliphatic heterocycles. The molecule has 6 heteroatoms. The van der Waals surface area contributed by atoms with Gasteiger partial charge in [-0.2, -0.15) is 0 Å². The Bertz CT molecular complexity index is 784. The van der Waals surface area contributed by atoms with Gasteiger partial charge in [0.2, 0.25) is 0 Å². The molecule has 1 saturated heterocycles. The maximum atomic E-state index is 4.56. The highest BCUT2D eigenvalue weighted by Gasteiger charge is 2.28.